The maximum absolute atomic E-state index is 11.8. The summed E-state index contributed by atoms with van der Waals surface area (Å²) in [4.78, 5) is 13.1. The van der Waals surface area contributed by atoms with E-state index >= 15 is 0 Å². The summed E-state index contributed by atoms with van der Waals surface area (Å²) < 4.78 is 12.5. The maximum atomic E-state index is 11.8. The molecule has 3 nitrogen and oxygen atoms in total. The molecule has 0 N–H and O–H groups in total. The number of ether oxygens (including phenoxy) is 1. The first kappa shape index (κ1) is 19.0. The molecule has 1 saturated carbocycles. The van der Waals surface area contributed by atoms with Gasteiger partial charge in [0.05, 0.1) is 12.5 Å². The van der Waals surface area contributed by atoms with Gasteiger partial charge in [0.15, 0.2) is 8.32 Å². The maximum Gasteiger partial charge on any atom is 0.306 e. The molecule has 1 aliphatic heterocycles. The molecule has 138 valence electrons. The van der Waals surface area contributed by atoms with E-state index in [0.717, 1.165) is 12.2 Å². The smallest absolute Gasteiger partial charge is 0.306 e. The summed E-state index contributed by atoms with van der Waals surface area (Å²) in [5.41, 5.74) is 0. The molecule has 1 aliphatic carbocycles. The van der Waals surface area contributed by atoms with E-state index in [2.05, 4.69) is 51.1 Å². The third-order valence-electron chi connectivity index (χ3n) is 6.17. The Labute approximate surface area is 157 Å². The fourth-order valence-electron chi connectivity index (χ4n) is 4.35. The second kappa shape index (κ2) is 8.27. The first-order valence-corrected chi connectivity index (χ1v) is 13.2. The quantitative estimate of drug-likeness (QED) is 0.357. The van der Waals surface area contributed by atoms with Crippen LogP contribution in [0, 0.1) is 11.8 Å². The Balaban J connectivity index is 1.73. The molecule has 5 heteroatoms. The van der Waals surface area contributed by atoms with Gasteiger partial charge >= 0.3 is 5.97 Å². The van der Waals surface area contributed by atoms with Crippen molar-refractivity contribution < 1.29 is 14.0 Å². The normalized spacial score (nSPS) is 28.8. The Bertz CT molecular complexity index is 567. The van der Waals surface area contributed by atoms with E-state index in [1.54, 1.807) is 0 Å². The number of rotatable bonds is 8. The van der Waals surface area contributed by atoms with E-state index in [-0.39, 0.29) is 18.2 Å². The number of hydrogen-bond acceptors (Lipinski definition) is 4. The molecule has 1 heterocycles. The lowest BCUT2D eigenvalue weighted by molar-refractivity contribution is -0.141. The van der Waals surface area contributed by atoms with Crippen LogP contribution in [0.2, 0.25) is 18.1 Å². The molecular formula is C20H30O3SSi. The first-order valence-electron chi connectivity index (χ1n) is 9.66. The monoisotopic (exact) mass is 378 g/mol. The Morgan fingerprint density at radius 3 is 2.48 bits per heavy atom. The number of carbonyl (C=O) groups is 1. The molecule has 0 unspecified atom stereocenters. The number of hydrogen-bond donors (Lipinski definition) is 0. The third-order valence-corrected chi connectivity index (χ3v) is 12.0. The summed E-state index contributed by atoms with van der Waals surface area (Å²) in [6.45, 7) is 6.84. The summed E-state index contributed by atoms with van der Waals surface area (Å²) in [5, 5.41) is 0. The first-order chi connectivity index (χ1) is 12.1. The van der Waals surface area contributed by atoms with Gasteiger partial charge in [0, 0.05) is 28.9 Å². The van der Waals surface area contributed by atoms with Crippen molar-refractivity contribution in [1.82, 2.24) is 0 Å². The van der Waals surface area contributed by atoms with Crippen molar-refractivity contribution in [3.63, 3.8) is 0 Å². The van der Waals surface area contributed by atoms with Crippen LogP contribution in [0.3, 0.4) is 0 Å². The van der Waals surface area contributed by atoms with Gasteiger partial charge in [0.25, 0.3) is 0 Å². The van der Waals surface area contributed by atoms with Crippen LogP contribution in [0.4, 0.5) is 0 Å². The largest absolute Gasteiger partial charge is 0.462 e. The number of fused-ring (bicyclic) bond motifs is 1. The third kappa shape index (κ3) is 4.14. The molecule has 0 amide bonds. The van der Waals surface area contributed by atoms with Crippen LogP contribution < -0.4 is 0 Å². The minimum atomic E-state index is -1.65. The lowest BCUT2D eigenvalue weighted by atomic mass is 9.94. The van der Waals surface area contributed by atoms with E-state index in [1.165, 1.54) is 23.0 Å². The molecule has 0 bridgehead atoms. The van der Waals surface area contributed by atoms with Crippen molar-refractivity contribution >= 4 is 26.0 Å². The van der Waals surface area contributed by atoms with Gasteiger partial charge in [-0.15, -0.1) is 11.8 Å². The number of thioether (sulfide) groups is 1. The van der Waals surface area contributed by atoms with E-state index in [4.69, 9.17) is 9.16 Å². The van der Waals surface area contributed by atoms with Crippen molar-refractivity contribution in [1.29, 1.82) is 0 Å². The molecule has 4 atom stereocenters. The zero-order valence-corrected chi connectivity index (χ0v) is 17.4. The Hall–Kier alpha value is -0.783. The van der Waals surface area contributed by atoms with Gasteiger partial charge in [-0.2, -0.15) is 0 Å². The fourth-order valence-corrected chi connectivity index (χ4v) is 8.46. The summed E-state index contributed by atoms with van der Waals surface area (Å²) in [6, 6.07) is 14.0. The van der Waals surface area contributed by atoms with Gasteiger partial charge in [0.1, 0.15) is 6.10 Å². The van der Waals surface area contributed by atoms with Crippen LogP contribution in [-0.2, 0) is 14.0 Å². The molecule has 2 aliphatic rings. The summed E-state index contributed by atoms with van der Waals surface area (Å²) in [7, 11) is -1.65. The van der Waals surface area contributed by atoms with Crippen LogP contribution in [0.15, 0.2) is 35.2 Å². The Kier molecular flexibility index (Phi) is 6.29. The SMILES string of the molecule is CC[Si](CC)(CC)O[C@@H]1C[C@@H]2OC(=O)C[C@@H]2[C@H]1CSc1ccccc1. The predicted molar refractivity (Wildman–Crippen MR) is 105 cm³/mol. The summed E-state index contributed by atoms with van der Waals surface area (Å²) in [5.74, 6) is 1.74. The van der Waals surface area contributed by atoms with Gasteiger partial charge in [-0.25, -0.2) is 0 Å². The Morgan fingerprint density at radius 2 is 1.84 bits per heavy atom. The molecule has 0 aromatic heterocycles. The fraction of sp³-hybridized carbons (Fsp3) is 0.650. The molecule has 0 spiro atoms. The molecular weight excluding hydrogens is 348 g/mol. The molecule has 3 rings (SSSR count). The van der Waals surface area contributed by atoms with E-state index in [1.807, 2.05) is 11.8 Å². The number of carbonyl (C=O) groups excluding carboxylic acids is 1. The highest BCUT2D eigenvalue weighted by atomic mass is 32.2. The highest BCUT2D eigenvalue weighted by molar-refractivity contribution is 7.99. The highest BCUT2D eigenvalue weighted by Crippen LogP contribution is 2.46. The zero-order chi connectivity index (χ0) is 17.9. The molecule has 1 aromatic rings. The second-order valence-corrected chi connectivity index (χ2v) is 13.1. The van der Waals surface area contributed by atoms with Crippen molar-refractivity contribution in [2.24, 2.45) is 11.8 Å². The summed E-state index contributed by atoms with van der Waals surface area (Å²) >= 11 is 1.89. The number of benzene rings is 1. The average Bonchev–Trinajstić information content (AvgIpc) is 3.14. The van der Waals surface area contributed by atoms with E-state index < -0.39 is 8.32 Å². The highest BCUT2D eigenvalue weighted by Gasteiger charge is 2.52. The number of esters is 1. The Morgan fingerprint density at radius 1 is 1.16 bits per heavy atom. The van der Waals surface area contributed by atoms with Gasteiger partial charge in [-0.05, 0) is 30.3 Å². The predicted octanol–water partition coefficient (Wildman–Crippen LogP) is 5.12. The molecule has 1 saturated heterocycles. The minimum absolute atomic E-state index is 0.0202. The topological polar surface area (TPSA) is 35.5 Å². The van der Waals surface area contributed by atoms with Crippen LogP contribution in [0.1, 0.15) is 33.6 Å². The van der Waals surface area contributed by atoms with Crippen LogP contribution >= 0.6 is 11.8 Å². The molecule has 2 fully saturated rings. The van der Waals surface area contributed by atoms with Crippen LogP contribution in [-0.4, -0.2) is 32.2 Å². The molecule has 0 radical (unpaired) electrons. The zero-order valence-electron chi connectivity index (χ0n) is 15.6. The van der Waals surface area contributed by atoms with Crippen molar-refractivity contribution in [2.45, 2.75) is 68.8 Å². The van der Waals surface area contributed by atoms with Crippen LogP contribution in [0.25, 0.3) is 0 Å². The molecule has 25 heavy (non-hydrogen) atoms. The lowest BCUT2D eigenvalue weighted by Gasteiger charge is -2.35. The van der Waals surface area contributed by atoms with E-state index in [9.17, 15) is 4.79 Å². The second-order valence-electron chi connectivity index (χ2n) is 7.32. The van der Waals surface area contributed by atoms with Gasteiger partial charge in [-0.1, -0.05) is 39.0 Å². The van der Waals surface area contributed by atoms with Crippen molar-refractivity contribution in [2.75, 3.05) is 5.75 Å². The van der Waals surface area contributed by atoms with Crippen LogP contribution in [0.5, 0.6) is 0 Å². The van der Waals surface area contributed by atoms with Gasteiger partial charge < -0.3 is 9.16 Å². The molecule has 1 aromatic carbocycles. The summed E-state index contributed by atoms with van der Waals surface area (Å²) in [6.07, 6.45) is 1.80. The van der Waals surface area contributed by atoms with Crippen molar-refractivity contribution in [3.05, 3.63) is 30.3 Å². The van der Waals surface area contributed by atoms with Gasteiger partial charge in [0.2, 0.25) is 0 Å². The average molecular weight is 379 g/mol. The minimum Gasteiger partial charge on any atom is -0.462 e. The van der Waals surface area contributed by atoms with Gasteiger partial charge in [-0.3, -0.25) is 4.79 Å². The lowest BCUT2D eigenvalue weighted by Crippen LogP contribution is -2.42. The standard InChI is InChI=1S/C20H30O3SSi/c1-4-25(5-2,6-3)23-19-13-18-16(12-20(21)22-18)17(19)14-24-15-10-8-7-9-11-15/h7-11,16-19H,4-6,12-14H2,1-3H3/t16-,17-,18+,19-/m1/s1. The van der Waals surface area contributed by atoms with E-state index in [0.29, 0.717) is 18.3 Å². The van der Waals surface area contributed by atoms with Crippen molar-refractivity contribution in [3.8, 4) is 0 Å².